The highest BCUT2D eigenvalue weighted by Gasteiger charge is 2.15. The van der Waals surface area contributed by atoms with Crippen LogP contribution in [-0.4, -0.2) is 7.11 Å². The molecular formula is C15H12Cl3FO. The van der Waals surface area contributed by atoms with Crippen molar-refractivity contribution < 1.29 is 9.13 Å². The molecule has 2 aromatic rings. The van der Waals surface area contributed by atoms with E-state index in [1.165, 1.54) is 13.2 Å². The van der Waals surface area contributed by atoms with Crippen molar-refractivity contribution in [3.8, 4) is 5.75 Å². The number of benzene rings is 2. The Morgan fingerprint density at radius 2 is 1.85 bits per heavy atom. The van der Waals surface area contributed by atoms with Gasteiger partial charge in [0.25, 0.3) is 0 Å². The third-order valence-corrected chi connectivity index (χ3v) is 4.07. The third-order valence-electron chi connectivity index (χ3n) is 2.94. The number of hydrogen-bond donors (Lipinski definition) is 0. The molecule has 2 aromatic carbocycles. The zero-order valence-corrected chi connectivity index (χ0v) is 12.9. The Labute approximate surface area is 132 Å². The summed E-state index contributed by atoms with van der Waals surface area (Å²) in [6.45, 7) is 0. The Hall–Kier alpha value is -0.960. The molecule has 1 unspecified atom stereocenters. The molecule has 0 aliphatic carbocycles. The molecule has 5 heteroatoms. The zero-order valence-electron chi connectivity index (χ0n) is 10.7. The molecule has 0 spiro atoms. The van der Waals surface area contributed by atoms with Crippen LogP contribution < -0.4 is 4.74 Å². The Morgan fingerprint density at radius 3 is 2.45 bits per heavy atom. The normalized spacial score (nSPS) is 12.2. The molecule has 20 heavy (non-hydrogen) atoms. The second-order valence-corrected chi connectivity index (χ2v) is 5.65. The molecule has 0 saturated heterocycles. The number of hydrogen-bond acceptors (Lipinski definition) is 1. The fourth-order valence-electron chi connectivity index (χ4n) is 1.87. The zero-order chi connectivity index (χ0) is 14.7. The highest BCUT2D eigenvalue weighted by molar-refractivity contribution is 6.42. The molecular weight excluding hydrogens is 322 g/mol. The number of halogens is 4. The lowest BCUT2D eigenvalue weighted by Gasteiger charge is -2.12. The van der Waals surface area contributed by atoms with Gasteiger partial charge in [0.1, 0.15) is 11.6 Å². The first-order valence-electron chi connectivity index (χ1n) is 5.92. The van der Waals surface area contributed by atoms with E-state index < -0.39 is 5.38 Å². The SMILES string of the molecule is COc1ccc(C(Cl)Cc2ccc(Cl)c(Cl)c2)c(F)c1. The van der Waals surface area contributed by atoms with Gasteiger partial charge in [0.2, 0.25) is 0 Å². The Morgan fingerprint density at radius 1 is 1.10 bits per heavy atom. The van der Waals surface area contributed by atoms with E-state index in [1.807, 2.05) is 6.07 Å². The van der Waals surface area contributed by atoms with Crippen LogP contribution in [0.15, 0.2) is 36.4 Å². The Bertz CT molecular complexity index is 616. The van der Waals surface area contributed by atoms with Crippen LogP contribution in [0.25, 0.3) is 0 Å². The maximum atomic E-state index is 13.9. The molecule has 2 rings (SSSR count). The molecule has 0 N–H and O–H groups in total. The fraction of sp³-hybridized carbons (Fsp3) is 0.200. The smallest absolute Gasteiger partial charge is 0.131 e. The standard InChI is InChI=1S/C15H12Cl3FO/c1-20-10-3-4-11(15(19)8-10)13(17)6-9-2-5-12(16)14(18)7-9/h2-5,7-8,13H,6H2,1H3. The van der Waals surface area contributed by atoms with Gasteiger partial charge in [-0.3, -0.25) is 0 Å². The van der Waals surface area contributed by atoms with Gasteiger partial charge in [-0.2, -0.15) is 0 Å². The minimum absolute atomic E-state index is 0.385. The summed E-state index contributed by atoms with van der Waals surface area (Å²) >= 11 is 18.1. The summed E-state index contributed by atoms with van der Waals surface area (Å²) in [5.41, 5.74) is 1.33. The quantitative estimate of drug-likeness (QED) is 0.656. The van der Waals surface area contributed by atoms with E-state index in [0.29, 0.717) is 27.8 Å². The first-order chi connectivity index (χ1) is 9.51. The predicted octanol–water partition coefficient (Wildman–Crippen LogP) is 5.66. The van der Waals surface area contributed by atoms with Crippen LogP contribution in [0.5, 0.6) is 5.75 Å². The summed E-state index contributed by atoms with van der Waals surface area (Å²) in [7, 11) is 1.49. The number of alkyl halides is 1. The maximum Gasteiger partial charge on any atom is 0.131 e. The fourth-order valence-corrected chi connectivity index (χ4v) is 2.55. The van der Waals surface area contributed by atoms with E-state index in [0.717, 1.165) is 5.56 Å². The first-order valence-corrected chi connectivity index (χ1v) is 7.12. The summed E-state index contributed by atoms with van der Waals surface area (Å²) in [5, 5.41) is 0.457. The van der Waals surface area contributed by atoms with E-state index in [1.54, 1.807) is 24.3 Å². The van der Waals surface area contributed by atoms with Crippen molar-refractivity contribution in [2.24, 2.45) is 0 Å². The lowest BCUT2D eigenvalue weighted by molar-refractivity contribution is 0.410. The minimum Gasteiger partial charge on any atom is -0.497 e. The summed E-state index contributed by atoms with van der Waals surface area (Å²) in [5.74, 6) is 0.0778. The molecule has 0 aliphatic rings. The van der Waals surface area contributed by atoms with Gasteiger partial charge in [-0.15, -0.1) is 11.6 Å². The summed E-state index contributed by atoms with van der Waals surface area (Å²) in [6, 6.07) is 9.89. The van der Waals surface area contributed by atoms with Crippen molar-refractivity contribution in [2.45, 2.75) is 11.8 Å². The van der Waals surface area contributed by atoms with Gasteiger partial charge in [-0.05, 0) is 30.2 Å². The maximum absolute atomic E-state index is 13.9. The van der Waals surface area contributed by atoms with Crippen molar-refractivity contribution >= 4 is 34.8 Å². The Balaban J connectivity index is 2.19. The minimum atomic E-state index is -0.488. The first kappa shape index (κ1) is 15.4. The van der Waals surface area contributed by atoms with E-state index >= 15 is 0 Å². The molecule has 0 saturated carbocycles. The lowest BCUT2D eigenvalue weighted by atomic mass is 10.0. The van der Waals surface area contributed by atoms with Gasteiger partial charge < -0.3 is 4.74 Å². The van der Waals surface area contributed by atoms with Crippen LogP contribution in [0.2, 0.25) is 10.0 Å². The van der Waals surface area contributed by atoms with Crippen LogP contribution in [-0.2, 0) is 6.42 Å². The van der Waals surface area contributed by atoms with Gasteiger partial charge >= 0.3 is 0 Å². The third kappa shape index (κ3) is 3.57. The summed E-state index contributed by atoms with van der Waals surface area (Å²) < 4.78 is 18.9. The molecule has 0 aromatic heterocycles. The highest BCUT2D eigenvalue weighted by Crippen LogP contribution is 2.31. The molecule has 0 fully saturated rings. The van der Waals surface area contributed by atoms with E-state index in [2.05, 4.69) is 0 Å². The summed E-state index contributed by atoms with van der Waals surface area (Å²) in [6.07, 6.45) is 0.460. The molecule has 106 valence electrons. The highest BCUT2D eigenvalue weighted by atomic mass is 35.5. The van der Waals surface area contributed by atoms with Crippen LogP contribution in [0.3, 0.4) is 0 Å². The second-order valence-electron chi connectivity index (χ2n) is 4.31. The summed E-state index contributed by atoms with van der Waals surface area (Å²) in [4.78, 5) is 0. The second kappa shape index (κ2) is 6.66. The van der Waals surface area contributed by atoms with Crippen molar-refractivity contribution in [1.29, 1.82) is 0 Å². The molecule has 0 amide bonds. The number of rotatable bonds is 4. The molecule has 0 radical (unpaired) electrons. The molecule has 1 nitrogen and oxygen atoms in total. The van der Waals surface area contributed by atoms with Crippen LogP contribution >= 0.6 is 34.8 Å². The molecule has 0 bridgehead atoms. The van der Waals surface area contributed by atoms with Crippen LogP contribution in [0, 0.1) is 5.82 Å². The van der Waals surface area contributed by atoms with Crippen LogP contribution in [0.1, 0.15) is 16.5 Å². The van der Waals surface area contributed by atoms with E-state index in [9.17, 15) is 4.39 Å². The van der Waals surface area contributed by atoms with E-state index in [4.69, 9.17) is 39.5 Å². The lowest BCUT2D eigenvalue weighted by Crippen LogP contribution is -2.00. The average Bonchev–Trinajstić information content (AvgIpc) is 2.42. The topological polar surface area (TPSA) is 9.23 Å². The van der Waals surface area contributed by atoms with Gasteiger partial charge in [-0.25, -0.2) is 4.39 Å². The van der Waals surface area contributed by atoms with E-state index in [-0.39, 0.29) is 5.82 Å². The van der Waals surface area contributed by atoms with Crippen molar-refractivity contribution in [3.63, 3.8) is 0 Å². The van der Waals surface area contributed by atoms with Crippen molar-refractivity contribution in [2.75, 3.05) is 7.11 Å². The van der Waals surface area contributed by atoms with Gasteiger partial charge in [0.05, 0.1) is 22.5 Å². The average molecular weight is 334 g/mol. The molecule has 0 heterocycles. The number of ether oxygens (including phenoxy) is 1. The predicted molar refractivity (Wildman–Crippen MR) is 81.7 cm³/mol. The van der Waals surface area contributed by atoms with Crippen molar-refractivity contribution in [1.82, 2.24) is 0 Å². The van der Waals surface area contributed by atoms with Crippen molar-refractivity contribution in [3.05, 3.63) is 63.4 Å². The van der Waals surface area contributed by atoms with Gasteiger partial charge in [0.15, 0.2) is 0 Å². The van der Waals surface area contributed by atoms with Gasteiger partial charge in [-0.1, -0.05) is 35.3 Å². The largest absolute Gasteiger partial charge is 0.497 e. The molecule has 0 aliphatic heterocycles. The Kier molecular flexibility index (Phi) is 5.14. The number of methoxy groups -OCH3 is 1. The van der Waals surface area contributed by atoms with Gasteiger partial charge in [0, 0.05) is 11.6 Å². The monoisotopic (exact) mass is 332 g/mol. The van der Waals surface area contributed by atoms with Crippen LogP contribution in [0.4, 0.5) is 4.39 Å². The molecule has 1 atom stereocenters.